The summed E-state index contributed by atoms with van der Waals surface area (Å²) < 4.78 is 5.65. The smallest absolute Gasteiger partial charge is 0.326 e. The first kappa shape index (κ1) is 9.30. The fourth-order valence-electron chi connectivity index (χ4n) is 1.81. The van der Waals surface area contributed by atoms with E-state index in [1.807, 2.05) is 24.3 Å². The lowest BCUT2D eigenvalue weighted by molar-refractivity contribution is 0.294. The van der Waals surface area contributed by atoms with Crippen molar-refractivity contribution in [2.45, 2.75) is 19.2 Å². The minimum absolute atomic E-state index is 0.206. The Morgan fingerprint density at radius 2 is 2.29 bits per heavy atom. The van der Waals surface area contributed by atoms with Crippen LogP contribution in [0.3, 0.4) is 0 Å². The summed E-state index contributed by atoms with van der Waals surface area (Å²) in [6.45, 7) is 1.05. The zero-order valence-corrected chi connectivity index (χ0v) is 8.07. The van der Waals surface area contributed by atoms with Crippen LogP contribution < -0.4 is 5.46 Å². The van der Waals surface area contributed by atoms with E-state index < -0.39 is 0 Å². The van der Waals surface area contributed by atoms with Gasteiger partial charge in [-0.2, -0.15) is 5.26 Å². The molecular weight excluding hydrogens is 173 g/mol. The van der Waals surface area contributed by atoms with Gasteiger partial charge in [0, 0.05) is 6.61 Å². The monoisotopic (exact) mass is 185 g/mol. The molecule has 1 aliphatic rings. The van der Waals surface area contributed by atoms with Gasteiger partial charge in [-0.05, 0) is 30.3 Å². The Morgan fingerprint density at radius 3 is 3.00 bits per heavy atom. The van der Waals surface area contributed by atoms with Crippen LogP contribution in [-0.2, 0) is 4.65 Å². The van der Waals surface area contributed by atoms with E-state index in [0.717, 1.165) is 30.4 Å². The van der Waals surface area contributed by atoms with E-state index >= 15 is 0 Å². The van der Waals surface area contributed by atoms with Crippen LogP contribution in [0.4, 0.5) is 0 Å². The molecule has 1 aromatic rings. The third kappa shape index (κ3) is 1.97. The number of hydrogen-bond acceptors (Lipinski definition) is 2. The molecule has 0 amide bonds. The lowest BCUT2D eigenvalue weighted by Crippen LogP contribution is -2.36. The average Bonchev–Trinajstić information content (AvgIpc) is 2.30. The molecular formula is C11H12BNO. The highest BCUT2D eigenvalue weighted by Gasteiger charge is 2.21. The Balaban J connectivity index is 2.18. The normalized spacial score (nSPS) is 16.4. The van der Waals surface area contributed by atoms with Crippen LogP contribution in [0.5, 0.6) is 0 Å². The predicted octanol–water partition coefficient (Wildman–Crippen LogP) is 1.57. The molecule has 0 unspecified atom stereocenters. The number of nitrogens with zero attached hydrogens (tertiary/aromatic N) is 1. The lowest BCUT2D eigenvalue weighted by Gasteiger charge is -2.19. The molecule has 0 radical (unpaired) electrons. The van der Waals surface area contributed by atoms with Gasteiger partial charge >= 0.3 is 6.92 Å². The highest BCUT2D eigenvalue weighted by atomic mass is 16.4. The minimum Gasteiger partial charge on any atom is -0.431 e. The maximum absolute atomic E-state index is 8.77. The number of rotatable bonds is 1. The molecule has 3 heteroatoms. The summed E-state index contributed by atoms with van der Waals surface area (Å²) in [6, 6.07) is 9.86. The summed E-state index contributed by atoms with van der Waals surface area (Å²) >= 11 is 0. The highest BCUT2D eigenvalue weighted by Crippen LogP contribution is 2.11. The van der Waals surface area contributed by atoms with E-state index in [0.29, 0.717) is 0 Å². The highest BCUT2D eigenvalue weighted by molar-refractivity contribution is 6.67. The van der Waals surface area contributed by atoms with E-state index in [-0.39, 0.29) is 6.92 Å². The van der Waals surface area contributed by atoms with Gasteiger partial charge in [-0.1, -0.05) is 18.6 Å². The Bertz CT molecular complexity index is 353. The van der Waals surface area contributed by atoms with Crippen molar-refractivity contribution in [1.82, 2.24) is 0 Å². The number of benzene rings is 1. The number of nitriles is 1. The van der Waals surface area contributed by atoms with Crippen LogP contribution >= 0.6 is 0 Å². The molecule has 1 fully saturated rings. The van der Waals surface area contributed by atoms with E-state index in [9.17, 15) is 0 Å². The van der Waals surface area contributed by atoms with Gasteiger partial charge in [0.15, 0.2) is 0 Å². The molecule has 0 spiro atoms. The summed E-state index contributed by atoms with van der Waals surface area (Å²) in [5.74, 6) is 0. The Morgan fingerprint density at radius 1 is 1.36 bits per heavy atom. The van der Waals surface area contributed by atoms with Crippen LogP contribution in [0.1, 0.15) is 18.4 Å². The third-order valence-corrected chi connectivity index (χ3v) is 2.57. The fraction of sp³-hybridized carbons (Fsp3) is 0.364. The van der Waals surface area contributed by atoms with Crippen molar-refractivity contribution < 1.29 is 4.65 Å². The Labute approximate surface area is 84.6 Å². The molecule has 1 aliphatic heterocycles. The van der Waals surface area contributed by atoms with Gasteiger partial charge in [0.2, 0.25) is 0 Å². The fourth-order valence-corrected chi connectivity index (χ4v) is 1.81. The van der Waals surface area contributed by atoms with Crippen molar-refractivity contribution in [3.05, 3.63) is 29.8 Å². The largest absolute Gasteiger partial charge is 0.431 e. The quantitative estimate of drug-likeness (QED) is 0.622. The standard InChI is InChI=1S/C11H12BNO/c13-9-10-4-3-5-11(8-10)12-6-1-2-7-14-12/h3-5,8H,1-2,6-7H2. The number of hydrogen-bond donors (Lipinski definition) is 0. The molecule has 2 rings (SSSR count). The van der Waals surface area contributed by atoms with Crippen molar-refractivity contribution >= 4 is 12.4 Å². The van der Waals surface area contributed by atoms with Crippen LogP contribution in [-0.4, -0.2) is 13.5 Å². The van der Waals surface area contributed by atoms with Gasteiger partial charge in [-0.15, -0.1) is 0 Å². The van der Waals surface area contributed by atoms with Crippen molar-refractivity contribution in [2.24, 2.45) is 0 Å². The molecule has 1 aromatic carbocycles. The van der Waals surface area contributed by atoms with Crippen molar-refractivity contribution in [1.29, 1.82) is 5.26 Å². The van der Waals surface area contributed by atoms with E-state index in [4.69, 9.17) is 9.92 Å². The van der Waals surface area contributed by atoms with Gasteiger partial charge in [-0.25, -0.2) is 0 Å². The van der Waals surface area contributed by atoms with E-state index in [1.54, 1.807) is 0 Å². The molecule has 14 heavy (non-hydrogen) atoms. The van der Waals surface area contributed by atoms with Crippen molar-refractivity contribution in [2.75, 3.05) is 6.61 Å². The van der Waals surface area contributed by atoms with Crippen LogP contribution in [0.25, 0.3) is 0 Å². The zero-order chi connectivity index (χ0) is 9.80. The van der Waals surface area contributed by atoms with Gasteiger partial charge in [0.1, 0.15) is 0 Å². The first-order chi connectivity index (χ1) is 6.90. The molecule has 1 saturated heterocycles. The molecule has 70 valence electrons. The summed E-state index contributed by atoms with van der Waals surface area (Å²) in [4.78, 5) is 0. The van der Waals surface area contributed by atoms with E-state index in [2.05, 4.69) is 6.07 Å². The molecule has 0 bridgehead atoms. The Kier molecular flexibility index (Phi) is 2.85. The second-order valence-electron chi connectivity index (χ2n) is 3.59. The molecule has 0 aliphatic carbocycles. The first-order valence-electron chi connectivity index (χ1n) is 5.02. The lowest BCUT2D eigenvalue weighted by atomic mass is 9.56. The van der Waals surface area contributed by atoms with Crippen molar-refractivity contribution in [3.8, 4) is 6.07 Å². The molecule has 0 saturated carbocycles. The average molecular weight is 185 g/mol. The minimum atomic E-state index is 0.206. The predicted molar refractivity (Wildman–Crippen MR) is 56.5 cm³/mol. The Hall–Kier alpha value is -1.27. The zero-order valence-electron chi connectivity index (χ0n) is 8.07. The molecule has 0 atom stereocenters. The van der Waals surface area contributed by atoms with Gasteiger partial charge < -0.3 is 4.65 Å². The topological polar surface area (TPSA) is 33.0 Å². The summed E-state index contributed by atoms with van der Waals surface area (Å²) in [5, 5.41) is 8.77. The molecule has 2 nitrogen and oxygen atoms in total. The van der Waals surface area contributed by atoms with Gasteiger partial charge in [0.25, 0.3) is 0 Å². The molecule has 0 N–H and O–H groups in total. The summed E-state index contributed by atoms with van der Waals surface area (Å²) in [6.07, 6.45) is 3.46. The van der Waals surface area contributed by atoms with Crippen molar-refractivity contribution in [3.63, 3.8) is 0 Å². The molecule has 1 heterocycles. The third-order valence-electron chi connectivity index (χ3n) is 2.57. The maximum atomic E-state index is 8.77. The van der Waals surface area contributed by atoms with E-state index in [1.165, 1.54) is 6.42 Å². The second-order valence-corrected chi connectivity index (χ2v) is 3.59. The SMILES string of the molecule is N#Cc1cccc(B2CCCCO2)c1. The summed E-state index contributed by atoms with van der Waals surface area (Å²) in [5.41, 5.74) is 1.86. The van der Waals surface area contributed by atoms with Crippen LogP contribution in [0.15, 0.2) is 24.3 Å². The van der Waals surface area contributed by atoms with Crippen LogP contribution in [0.2, 0.25) is 6.32 Å². The second kappa shape index (κ2) is 4.30. The van der Waals surface area contributed by atoms with Gasteiger partial charge in [0.05, 0.1) is 11.6 Å². The summed E-state index contributed by atoms with van der Waals surface area (Å²) in [7, 11) is 0. The molecule has 0 aromatic heterocycles. The van der Waals surface area contributed by atoms with Gasteiger partial charge in [-0.3, -0.25) is 0 Å². The van der Waals surface area contributed by atoms with Crippen LogP contribution in [0, 0.1) is 11.3 Å². The maximum Gasteiger partial charge on any atom is 0.326 e. The first-order valence-corrected chi connectivity index (χ1v) is 5.02.